The Labute approximate surface area is 181 Å². The minimum absolute atomic E-state index is 0. The molecule has 0 atom stereocenters. The van der Waals surface area contributed by atoms with E-state index in [-0.39, 0.29) is 24.0 Å². The molecule has 1 N–H and O–H groups in total. The summed E-state index contributed by atoms with van der Waals surface area (Å²) in [6.45, 7) is 3.46. The third kappa shape index (κ3) is 6.00. The largest absolute Gasteiger partial charge is 0.352 e. The van der Waals surface area contributed by atoms with Crippen molar-refractivity contribution in [3.63, 3.8) is 0 Å². The van der Waals surface area contributed by atoms with Gasteiger partial charge in [-0.05, 0) is 30.7 Å². The lowest BCUT2D eigenvalue weighted by atomic mass is 10.1. The molecular weight excluding hydrogens is 469 g/mol. The molecule has 27 heavy (non-hydrogen) atoms. The average molecular weight is 493 g/mol. The molecular formula is C20H24IN5S. The summed E-state index contributed by atoms with van der Waals surface area (Å²) in [4.78, 5) is 15.4. The number of aromatic nitrogens is 2. The summed E-state index contributed by atoms with van der Waals surface area (Å²) >= 11 is 1.67. The second-order valence-electron chi connectivity index (χ2n) is 6.03. The lowest BCUT2D eigenvalue weighted by Gasteiger charge is -2.21. The van der Waals surface area contributed by atoms with E-state index in [1.54, 1.807) is 18.4 Å². The van der Waals surface area contributed by atoms with Gasteiger partial charge in [-0.1, -0.05) is 24.3 Å². The van der Waals surface area contributed by atoms with Gasteiger partial charge in [-0.3, -0.25) is 9.98 Å². The highest BCUT2D eigenvalue weighted by atomic mass is 127. The van der Waals surface area contributed by atoms with E-state index in [4.69, 9.17) is 0 Å². The van der Waals surface area contributed by atoms with Gasteiger partial charge in [0.1, 0.15) is 0 Å². The van der Waals surface area contributed by atoms with Gasteiger partial charge in [-0.2, -0.15) is 0 Å². The Morgan fingerprint density at radius 2 is 2.07 bits per heavy atom. The SMILES string of the molecule is CN=C(NCc1cccc(-c2ccccn2)c1)N(C)Cc1csc(C)n1.I. The van der Waals surface area contributed by atoms with Gasteiger partial charge in [0.15, 0.2) is 5.96 Å². The number of hydrogen-bond acceptors (Lipinski definition) is 4. The van der Waals surface area contributed by atoms with Gasteiger partial charge in [0.05, 0.1) is 22.9 Å². The van der Waals surface area contributed by atoms with Gasteiger partial charge in [0.25, 0.3) is 0 Å². The lowest BCUT2D eigenvalue weighted by molar-refractivity contribution is 0.470. The molecule has 142 valence electrons. The zero-order chi connectivity index (χ0) is 18.4. The van der Waals surface area contributed by atoms with E-state index in [1.807, 2.05) is 38.4 Å². The molecule has 7 heteroatoms. The predicted molar refractivity (Wildman–Crippen MR) is 124 cm³/mol. The first-order valence-corrected chi connectivity index (χ1v) is 9.37. The Morgan fingerprint density at radius 3 is 2.74 bits per heavy atom. The second kappa shape index (κ2) is 10.4. The van der Waals surface area contributed by atoms with Crippen molar-refractivity contribution in [1.29, 1.82) is 0 Å². The highest BCUT2D eigenvalue weighted by molar-refractivity contribution is 14.0. The summed E-state index contributed by atoms with van der Waals surface area (Å²) < 4.78 is 0. The Hall–Kier alpha value is -2.00. The number of nitrogens with zero attached hydrogens (tertiary/aromatic N) is 4. The molecule has 0 unspecified atom stereocenters. The predicted octanol–water partition coefficient (Wildman–Crippen LogP) is 4.34. The first-order chi connectivity index (χ1) is 12.7. The fraction of sp³-hybridized carbons (Fsp3) is 0.250. The minimum Gasteiger partial charge on any atom is -0.352 e. The van der Waals surface area contributed by atoms with Crippen molar-refractivity contribution in [3.05, 3.63) is 70.3 Å². The lowest BCUT2D eigenvalue weighted by Crippen LogP contribution is -2.38. The third-order valence-corrected chi connectivity index (χ3v) is 4.80. The number of guanidine groups is 1. The van der Waals surface area contributed by atoms with Crippen LogP contribution in [0.2, 0.25) is 0 Å². The summed E-state index contributed by atoms with van der Waals surface area (Å²) in [7, 11) is 3.82. The van der Waals surface area contributed by atoms with Crippen molar-refractivity contribution >= 4 is 41.3 Å². The Kier molecular flexibility index (Phi) is 8.18. The Bertz CT molecular complexity index is 879. The topological polar surface area (TPSA) is 53.4 Å². The highest BCUT2D eigenvalue weighted by Gasteiger charge is 2.09. The number of aliphatic imine (C=N–C) groups is 1. The zero-order valence-corrected chi connectivity index (χ0v) is 18.9. The molecule has 3 aromatic rings. The molecule has 0 fully saturated rings. The molecule has 0 bridgehead atoms. The Morgan fingerprint density at radius 1 is 1.22 bits per heavy atom. The molecule has 5 nitrogen and oxygen atoms in total. The standard InChI is InChI=1S/C20H23N5S.HI/c1-15-24-18(14-26-15)13-25(3)20(21-2)23-12-16-7-6-8-17(11-16)19-9-4-5-10-22-19;/h4-11,14H,12-13H2,1-3H3,(H,21,23);1H. The molecule has 0 saturated carbocycles. The average Bonchev–Trinajstić information content (AvgIpc) is 3.08. The maximum Gasteiger partial charge on any atom is 0.194 e. The molecule has 0 aliphatic carbocycles. The van der Waals surface area contributed by atoms with Crippen LogP contribution >= 0.6 is 35.3 Å². The molecule has 1 aromatic carbocycles. The van der Waals surface area contributed by atoms with Crippen LogP contribution in [0.4, 0.5) is 0 Å². The summed E-state index contributed by atoms with van der Waals surface area (Å²) in [6.07, 6.45) is 1.82. The van der Waals surface area contributed by atoms with E-state index in [9.17, 15) is 0 Å². The van der Waals surface area contributed by atoms with Crippen LogP contribution < -0.4 is 5.32 Å². The summed E-state index contributed by atoms with van der Waals surface area (Å²) in [5.74, 6) is 0.846. The number of hydrogen-bond donors (Lipinski definition) is 1. The molecule has 0 saturated heterocycles. The fourth-order valence-corrected chi connectivity index (χ4v) is 3.34. The molecule has 0 spiro atoms. The van der Waals surface area contributed by atoms with Gasteiger partial charge < -0.3 is 10.2 Å². The summed E-state index contributed by atoms with van der Waals surface area (Å²) in [5, 5.41) is 6.60. The number of aryl methyl sites for hydroxylation is 1. The quantitative estimate of drug-likeness (QED) is 0.327. The third-order valence-electron chi connectivity index (χ3n) is 3.98. The maximum absolute atomic E-state index is 4.52. The fourth-order valence-electron chi connectivity index (χ4n) is 2.74. The molecule has 0 amide bonds. The number of thiazole rings is 1. The molecule has 0 aliphatic heterocycles. The van der Waals surface area contributed by atoms with Crippen molar-refractivity contribution in [2.75, 3.05) is 14.1 Å². The molecule has 0 radical (unpaired) electrons. The van der Waals surface area contributed by atoms with Gasteiger partial charge in [-0.25, -0.2) is 4.98 Å². The van der Waals surface area contributed by atoms with E-state index in [2.05, 4.69) is 54.8 Å². The first kappa shape index (κ1) is 21.3. The van der Waals surface area contributed by atoms with Gasteiger partial charge in [0, 0.05) is 37.8 Å². The molecule has 2 heterocycles. The van der Waals surface area contributed by atoms with Crippen LogP contribution in [-0.2, 0) is 13.1 Å². The van der Waals surface area contributed by atoms with Crippen LogP contribution in [0, 0.1) is 6.92 Å². The van der Waals surface area contributed by atoms with Gasteiger partial charge >= 0.3 is 0 Å². The van der Waals surface area contributed by atoms with Crippen LogP contribution in [0.3, 0.4) is 0 Å². The van der Waals surface area contributed by atoms with Crippen LogP contribution in [0.5, 0.6) is 0 Å². The van der Waals surface area contributed by atoms with Crippen LogP contribution in [0.25, 0.3) is 11.3 Å². The smallest absolute Gasteiger partial charge is 0.194 e. The normalized spacial score (nSPS) is 11.0. The Balaban J connectivity index is 0.00000261. The van der Waals surface area contributed by atoms with Crippen molar-refractivity contribution in [1.82, 2.24) is 20.2 Å². The van der Waals surface area contributed by atoms with E-state index in [1.165, 1.54) is 5.56 Å². The minimum atomic E-state index is 0. The second-order valence-corrected chi connectivity index (χ2v) is 7.09. The summed E-state index contributed by atoms with van der Waals surface area (Å²) in [5.41, 5.74) is 4.35. The summed E-state index contributed by atoms with van der Waals surface area (Å²) in [6, 6.07) is 14.4. The number of rotatable bonds is 5. The van der Waals surface area contributed by atoms with Crippen LogP contribution in [-0.4, -0.2) is 34.9 Å². The van der Waals surface area contributed by atoms with Gasteiger partial charge in [0.2, 0.25) is 0 Å². The van der Waals surface area contributed by atoms with Crippen molar-refractivity contribution < 1.29 is 0 Å². The van der Waals surface area contributed by atoms with Crippen molar-refractivity contribution in [2.45, 2.75) is 20.0 Å². The van der Waals surface area contributed by atoms with E-state index in [0.29, 0.717) is 6.54 Å². The van der Waals surface area contributed by atoms with Crippen molar-refractivity contribution in [3.8, 4) is 11.3 Å². The highest BCUT2D eigenvalue weighted by Crippen LogP contribution is 2.17. The van der Waals surface area contributed by atoms with Crippen LogP contribution in [0.1, 0.15) is 16.3 Å². The monoisotopic (exact) mass is 493 g/mol. The molecule has 0 aliphatic rings. The maximum atomic E-state index is 4.52. The number of nitrogens with one attached hydrogen (secondary N) is 1. The van der Waals surface area contributed by atoms with Gasteiger partial charge in [-0.15, -0.1) is 35.3 Å². The van der Waals surface area contributed by atoms with Crippen molar-refractivity contribution in [2.24, 2.45) is 4.99 Å². The number of benzene rings is 1. The molecule has 3 rings (SSSR count). The van der Waals surface area contributed by atoms with E-state index >= 15 is 0 Å². The van der Waals surface area contributed by atoms with E-state index in [0.717, 1.165) is 34.5 Å². The van der Waals surface area contributed by atoms with Crippen LogP contribution in [0.15, 0.2) is 59.0 Å². The number of halogens is 1. The zero-order valence-electron chi connectivity index (χ0n) is 15.7. The molecule has 2 aromatic heterocycles. The first-order valence-electron chi connectivity index (χ1n) is 8.49. The van der Waals surface area contributed by atoms with E-state index < -0.39 is 0 Å². The number of pyridine rings is 1.